The maximum atomic E-state index is 2.48. The predicted molar refractivity (Wildman–Crippen MR) is 204 cm³/mol. The highest BCUT2D eigenvalue weighted by molar-refractivity contribution is 7.74. The second kappa shape index (κ2) is 15.6. The van der Waals surface area contributed by atoms with Gasteiger partial charge in [0.2, 0.25) is 0 Å². The van der Waals surface area contributed by atoms with Gasteiger partial charge in [-0.25, -0.2) is 0 Å². The monoisotopic (exact) mass is 634 g/mol. The van der Waals surface area contributed by atoms with E-state index in [1.807, 2.05) is 0 Å². The molecule has 230 valence electrons. The molecule has 0 spiro atoms. The number of hydrogen-bond acceptors (Lipinski definition) is 0. The molecular formula is C44H44P2. The Morgan fingerprint density at radius 3 is 0.891 bits per heavy atom. The van der Waals surface area contributed by atoms with Crippen molar-refractivity contribution in [3.63, 3.8) is 0 Å². The standard InChI is InChI=1S/C44H44P2/c1-3-35-44(4-2,42(36-23-11-5-12-24-36)45(38-27-15-7-16-28-38)39-29-17-8-18-30-39)43(37-25-13-6-14-26-37)46(40-31-19-9-20-32-40)41-33-21-10-22-34-41/h5-34,42-43H,3-4,35H2,1-2H3. The molecule has 0 amide bonds. The van der Waals surface area contributed by atoms with E-state index in [2.05, 4.69) is 196 Å². The average Bonchev–Trinajstić information content (AvgIpc) is 3.14. The Balaban J connectivity index is 1.72. The van der Waals surface area contributed by atoms with Crippen LogP contribution in [0, 0.1) is 5.41 Å². The topological polar surface area (TPSA) is 0 Å². The summed E-state index contributed by atoms with van der Waals surface area (Å²) >= 11 is 0. The van der Waals surface area contributed by atoms with E-state index in [1.165, 1.54) is 32.3 Å². The third-order valence-electron chi connectivity index (χ3n) is 9.35. The van der Waals surface area contributed by atoms with E-state index < -0.39 is 15.8 Å². The highest BCUT2D eigenvalue weighted by atomic mass is 31.1. The van der Waals surface area contributed by atoms with Crippen LogP contribution in [0.3, 0.4) is 0 Å². The van der Waals surface area contributed by atoms with Crippen LogP contribution in [0.5, 0.6) is 0 Å². The molecule has 0 N–H and O–H groups in total. The Hall–Kier alpha value is -3.82. The van der Waals surface area contributed by atoms with Gasteiger partial charge in [0.05, 0.1) is 0 Å². The molecule has 0 fully saturated rings. The van der Waals surface area contributed by atoms with Crippen molar-refractivity contribution in [2.45, 2.75) is 44.4 Å². The Bertz CT molecular complexity index is 1520. The third-order valence-corrected chi connectivity index (χ3v) is 15.4. The Morgan fingerprint density at radius 2 is 0.652 bits per heavy atom. The Kier molecular flexibility index (Phi) is 10.9. The molecule has 2 atom stereocenters. The second-order valence-corrected chi connectivity index (χ2v) is 16.6. The Labute approximate surface area is 279 Å². The first kappa shape index (κ1) is 32.1. The van der Waals surface area contributed by atoms with Crippen LogP contribution in [-0.4, -0.2) is 0 Å². The summed E-state index contributed by atoms with van der Waals surface area (Å²) in [6.07, 6.45) is 3.34. The molecule has 0 aliphatic rings. The first-order valence-corrected chi connectivity index (χ1v) is 19.5. The highest BCUT2D eigenvalue weighted by Crippen LogP contribution is 2.71. The van der Waals surface area contributed by atoms with Crippen LogP contribution in [0.2, 0.25) is 0 Å². The van der Waals surface area contributed by atoms with E-state index in [1.54, 1.807) is 0 Å². The zero-order chi connectivity index (χ0) is 31.6. The van der Waals surface area contributed by atoms with Gasteiger partial charge in [-0.2, -0.15) is 0 Å². The number of rotatable bonds is 13. The number of benzene rings is 6. The quantitative estimate of drug-likeness (QED) is 0.111. The van der Waals surface area contributed by atoms with Crippen molar-refractivity contribution >= 4 is 37.1 Å². The minimum absolute atomic E-state index is 0.0494. The van der Waals surface area contributed by atoms with Crippen molar-refractivity contribution in [2.75, 3.05) is 0 Å². The van der Waals surface area contributed by atoms with Crippen LogP contribution in [-0.2, 0) is 0 Å². The van der Waals surface area contributed by atoms with E-state index in [4.69, 9.17) is 0 Å². The maximum absolute atomic E-state index is 2.48. The fourth-order valence-electron chi connectivity index (χ4n) is 7.45. The molecule has 0 saturated heterocycles. The summed E-state index contributed by atoms with van der Waals surface area (Å²) < 4.78 is 0. The summed E-state index contributed by atoms with van der Waals surface area (Å²) in [7, 11) is -1.54. The van der Waals surface area contributed by atoms with E-state index in [9.17, 15) is 0 Å². The summed E-state index contributed by atoms with van der Waals surface area (Å²) in [6.45, 7) is 4.88. The maximum Gasteiger partial charge on any atom is 0.0188 e. The van der Waals surface area contributed by atoms with Crippen molar-refractivity contribution in [2.24, 2.45) is 5.41 Å². The minimum Gasteiger partial charge on any atom is -0.0654 e. The lowest BCUT2D eigenvalue weighted by Gasteiger charge is -2.52. The van der Waals surface area contributed by atoms with E-state index >= 15 is 0 Å². The van der Waals surface area contributed by atoms with Crippen LogP contribution in [0.15, 0.2) is 182 Å². The van der Waals surface area contributed by atoms with Crippen LogP contribution in [0.1, 0.15) is 55.6 Å². The van der Waals surface area contributed by atoms with Crippen molar-refractivity contribution in [1.29, 1.82) is 0 Å². The van der Waals surface area contributed by atoms with Crippen molar-refractivity contribution in [3.05, 3.63) is 193 Å². The first-order chi connectivity index (χ1) is 22.8. The van der Waals surface area contributed by atoms with Gasteiger partial charge < -0.3 is 0 Å². The smallest absolute Gasteiger partial charge is 0.0188 e. The minimum atomic E-state index is -0.771. The summed E-state index contributed by atoms with van der Waals surface area (Å²) in [4.78, 5) is 0. The molecule has 0 aliphatic heterocycles. The Morgan fingerprint density at radius 1 is 0.391 bits per heavy atom. The van der Waals surface area contributed by atoms with Gasteiger partial charge in [-0.3, -0.25) is 0 Å². The first-order valence-electron chi connectivity index (χ1n) is 16.7. The van der Waals surface area contributed by atoms with Gasteiger partial charge in [-0.05, 0) is 66.4 Å². The lowest BCUT2D eigenvalue weighted by molar-refractivity contribution is 0.226. The normalized spacial score (nSPS) is 14.1. The molecule has 0 heterocycles. The van der Waals surface area contributed by atoms with Gasteiger partial charge >= 0.3 is 0 Å². The summed E-state index contributed by atoms with van der Waals surface area (Å²) in [6, 6.07) is 68.7. The van der Waals surface area contributed by atoms with Gasteiger partial charge in [-0.1, -0.05) is 202 Å². The fourth-order valence-corrected chi connectivity index (χ4v) is 14.2. The molecule has 6 aromatic carbocycles. The molecule has 2 unspecified atom stereocenters. The van der Waals surface area contributed by atoms with Crippen molar-refractivity contribution in [3.8, 4) is 0 Å². The molecule has 6 aromatic rings. The van der Waals surface area contributed by atoms with E-state index in [-0.39, 0.29) is 5.41 Å². The third kappa shape index (κ3) is 6.81. The molecule has 0 saturated carbocycles. The van der Waals surface area contributed by atoms with Crippen LogP contribution < -0.4 is 21.2 Å². The molecule has 0 aliphatic carbocycles. The lowest BCUT2D eigenvalue weighted by Crippen LogP contribution is -2.39. The second-order valence-electron chi connectivity index (χ2n) is 12.0. The van der Waals surface area contributed by atoms with Crippen LogP contribution >= 0.6 is 15.8 Å². The predicted octanol–water partition coefficient (Wildman–Crippen LogP) is 10.9. The van der Waals surface area contributed by atoms with Gasteiger partial charge in [-0.15, -0.1) is 0 Å². The molecule has 0 nitrogen and oxygen atoms in total. The summed E-state index contributed by atoms with van der Waals surface area (Å²) in [5, 5.41) is 5.79. The van der Waals surface area contributed by atoms with E-state index in [0.29, 0.717) is 11.3 Å². The van der Waals surface area contributed by atoms with Gasteiger partial charge in [0.1, 0.15) is 0 Å². The van der Waals surface area contributed by atoms with Crippen molar-refractivity contribution in [1.82, 2.24) is 0 Å². The summed E-state index contributed by atoms with van der Waals surface area (Å²) in [5.74, 6) is 0. The molecule has 0 bridgehead atoms. The van der Waals surface area contributed by atoms with Crippen LogP contribution in [0.4, 0.5) is 0 Å². The SMILES string of the molecule is CCCC(CC)(C(c1ccccc1)P(c1ccccc1)c1ccccc1)C(c1ccccc1)P(c1ccccc1)c1ccccc1. The average molecular weight is 635 g/mol. The molecule has 0 radical (unpaired) electrons. The number of hydrogen-bond donors (Lipinski definition) is 0. The molecular weight excluding hydrogens is 590 g/mol. The van der Waals surface area contributed by atoms with Gasteiger partial charge in [0.15, 0.2) is 0 Å². The van der Waals surface area contributed by atoms with Gasteiger partial charge in [0, 0.05) is 11.3 Å². The molecule has 2 heteroatoms. The largest absolute Gasteiger partial charge is 0.0654 e. The molecule has 6 rings (SSSR count). The molecule has 46 heavy (non-hydrogen) atoms. The highest BCUT2D eigenvalue weighted by Gasteiger charge is 2.51. The van der Waals surface area contributed by atoms with E-state index in [0.717, 1.165) is 19.3 Å². The van der Waals surface area contributed by atoms with Crippen molar-refractivity contribution < 1.29 is 0 Å². The zero-order valence-corrected chi connectivity index (χ0v) is 28.8. The van der Waals surface area contributed by atoms with Crippen LogP contribution in [0.25, 0.3) is 0 Å². The van der Waals surface area contributed by atoms with Gasteiger partial charge in [0.25, 0.3) is 0 Å². The fraction of sp³-hybridized carbons (Fsp3) is 0.182. The summed E-state index contributed by atoms with van der Waals surface area (Å²) in [5.41, 5.74) is 3.44. The zero-order valence-electron chi connectivity index (χ0n) is 27.0. The lowest BCUT2D eigenvalue weighted by atomic mass is 9.70. The molecule has 0 aromatic heterocycles.